The molecule has 1 heterocycles. The minimum atomic E-state index is -0.863. The summed E-state index contributed by atoms with van der Waals surface area (Å²) in [6.45, 7) is 6.02. The second-order valence-electron chi connectivity index (χ2n) is 8.86. The maximum Gasteiger partial charge on any atom is 0.227 e. The molecule has 3 aliphatic rings. The minimum Gasteiger partial charge on any atom is -0.389 e. The number of hydrogen-bond donors (Lipinski definition) is 3. The van der Waals surface area contributed by atoms with Crippen molar-refractivity contribution >= 4 is 5.91 Å². The fraction of sp³-hybridized carbons (Fsp3) is 0.444. The molecule has 0 saturated carbocycles. The summed E-state index contributed by atoms with van der Waals surface area (Å²) in [5.74, 6) is -0.216. The molecule has 31 heavy (non-hydrogen) atoms. The molecule has 1 saturated heterocycles. The van der Waals surface area contributed by atoms with Crippen LogP contribution in [-0.2, 0) is 4.79 Å². The highest BCUT2D eigenvalue weighted by Crippen LogP contribution is 2.34. The molecular formula is C27H35NO3. The summed E-state index contributed by atoms with van der Waals surface area (Å²) < 4.78 is 0. The lowest BCUT2D eigenvalue weighted by Crippen LogP contribution is -2.47. The van der Waals surface area contributed by atoms with E-state index in [0.717, 1.165) is 24.0 Å². The van der Waals surface area contributed by atoms with E-state index in [0.29, 0.717) is 0 Å². The van der Waals surface area contributed by atoms with Gasteiger partial charge in [0, 0.05) is 17.9 Å². The van der Waals surface area contributed by atoms with Crippen LogP contribution < -0.4 is 5.32 Å². The van der Waals surface area contributed by atoms with E-state index in [-0.39, 0.29) is 35.6 Å². The zero-order chi connectivity index (χ0) is 22.4. The van der Waals surface area contributed by atoms with Gasteiger partial charge in [-0.3, -0.25) is 4.79 Å². The summed E-state index contributed by atoms with van der Waals surface area (Å²) in [5.41, 5.74) is 2.08. The Hall–Kier alpha value is -2.43. The largest absolute Gasteiger partial charge is 0.389 e. The zero-order valence-corrected chi connectivity index (χ0v) is 18.7. The van der Waals surface area contributed by atoms with Crippen LogP contribution in [-0.4, -0.2) is 34.4 Å². The van der Waals surface area contributed by atoms with Gasteiger partial charge in [0.05, 0.1) is 18.1 Å². The van der Waals surface area contributed by atoms with Crippen LogP contribution in [0, 0.1) is 23.7 Å². The van der Waals surface area contributed by atoms with Crippen LogP contribution in [0.1, 0.15) is 33.6 Å². The number of piperidine rings is 1. The number of aliphatic hydroxyl groups is 2. The van der Waals surface area contributed by atoms with Crippen LogP contribution in [0.15, 0.2) is 84.1 Å². The number of fused-ring (bicyclic) bond motifs is 2. The van der Waals surface area contributed by atoms with Crippen molar-refractivity contribution in [2.24, 2.45) is 23.7 Å². The molecule has 0 aromatic heterocycles. The molecule has 4 heteroatoms. The second kappa shape index (κ2) is 10.7. The van der Waals surface area contributed by atoms with Crippen molar-refractivity contribution in [3.05, 3.63) is 84.1 Å². The molecule has 0 spiro atoms. The molecule has 7 atom stereocenters. The maximum absolute atomic E-state index is 12.9. The van der Waals surface area contributed by atoms with Gasteiger partial charge in [-0.1, -0.05) is 84.1 Å². The van der Waals surface area contributed by atoms with Gasteiger partial charge in [0.25, 0.3) is 0 Å². The van der Waals surface area contributed by atoms with E-state index in [1.807, 2.05) is 56.4 Å². The van der Waals surface area contributed by atoms with Gasteiger partial charge in [0.1, 0.15) is 0 Å². The molecule has 1 fully saturated rings. The van der Waals surface area contributed by atoms with E-state index in [1.54, 1.807) is 6.08 Å². The van der Waals surface area contributed by atoms with Crippen LogP contribution in [0.5, 0.6) is 0 Å². The molecular weight excluding hydrogens is 386 g/mol. The molecule has 0 radical (unpaired) electrons. The highest BCUT2D eigenvalue weighted by atomic mass is 16.3. The highest BCUT2D eigenvalue weighted by Gasteiger charge is 2.35. The van der Waals surface area contributed by atoms with Crippen molar-refractivity contribution in [3.63, 3.8) is 0 Å². The summed E-state index contributed by atoms with van der Waals surface area (Å²) in [6, 6.07) is 0.130. The number of nitrogens with one attached hydrogen (secondary N) is 1. The Bertz CT molecular complexity index is 858. The minimum absolute atomic E-state index is 0.0158. The molecule has 0 aromatic rings. The van der Waals surface area contributed by atoms with Crippen molar-refractivity contribution in [1.29, 1.82) is 0 Å². The molecule has 3 rings (SSSR count). The van der Waals surface area contributed by atoms with Crippen LogP contribution in [0.2, 0.25) is 0 Å². The number of hydrogen-bond acceptors (Lipinski definition) is 3. The van der Waals surface area contributed by atoms with E-state index in [1.165, 1.54) is 0 Å². The van der Waals surface area contributed by atoms with Gasteiger partial charge in [-0.05, 0) is 39.5 Å². The van der Waals surface area contributed by atoms with E-state index < -0.39 is 12.2 Å². The van der Waals surface area contributed by atoms with Gasteiger partial charge in [0.2, 0.25) is 5.91 Å². The monoisotopic (exact) mass is 421 g/mol. The van der Waals surface area contributed by atoms with Crippen LogP contribution in [0.4, 0.5) is 0 Å². The average Bonchev–Trinajstić information content (AvgIpc) is 2.73. The van der Waals surface area contributed by atoms with E-state index in [2.05, 4.69) is 36.5 Å². The lowest BCUT2D eigenvalue weighted by molar-refractivity contribution is -0.127. The fourth-order valence-corrected chi connectivity index (χ4v) is 4.76. The van der Waals surface area contributed by atoms with E-state index in [4.69, 9.17) is 0 Å². The van der Waals surface area contributed by atoms with Crippen molar-refractivity contribution in [2.75, 3.05) is 0 Å². The van der Waals surface area contributed by atoms with Crippen LogP contribution in [0.3, 0.4) is 0 Å². The normalized spacial score (nSPS) is 36.3. The number of carbonyl (C=O) groups is 1. The van der Waals surface area contributed by atoms with Gasteiger partial charge >= 0.3 is 0 Å². The molecule has 0 aromatic carbocycles. The van der Waals surface area contributed by atoms with Crippen molar-refractivity contribution < 1.29 is 15.0 Å². The Morgan fingerprint density at radius 2 is 1.94 bits per heavy atom. The Kier molecular flexibility index (Phi) is 8.05. The number of rotatable bonds is 3. The van der Waals surface area contributed by atoms with E-state index >= 15 is 0 Å². The first-order chi connectivity index (χ1) is 14.9. The summed E-state index contributed by atoms with van der Waals surface area (Å²) in [5, 5.41) is 23.9. The topological polar surface area (TPSA) is 69.6 Å². The Morgan fingerprint density at radius 3 is 2.71 bits per heavy atom. The number of aliphatic hydroxyl groups excluding tert-OH is 2. The van der Waals surface area contributed by atoms with Gasteiger partial charge in [0.15, 0.2) is 0 Å². The zero-order valence-electron chi connectivity index (χ0n) is 18.7. The number of allylic oxidation sites excluding steroid dienone is 10. The first kappa shape index (κ1) is 23.2. The first-order valence-electron chi connectivity index (χ1n) is 11.2. The average molecular weight is 422 g/mol. The third-order valence-electron chi connectivity index (χ3n) is 6.46. The van der Waals surface area contributed by atoms with E-state index in [9.17, 15) is 15.0 Å². The van der Waals surface area contributed by atoms with Gasteiger partial charge < -0.3 is 15.5 Å². The third kappa shape index (κ3) is 5.84. The maximum atomic E-state index is 12.9. The third-order valence-corrected chi connectivity index (χ3v) is 6.46. The molecule has 1 aliphatic heterocycles. The lowest BCUT2D eigenvalue weighted by Gasteiger charge is -2.35. The summed E-state index contributed by atoms with van der Waals surface area (Å²) >= 11 is 0. The molecule has 0 bridgehead atoms. The quantitative estimate of drug-likeness (QED) is 0.473. The molecule has 2 aliphatic carbocycles. The highest BCUT2D eigenvalue weighted by molar-refractivity contribution is 5.82. The molecule has 0 unspecified atom stereocenters. The van der Waals surface area contributed by atoms with Crippen molar-refractivity contribution in [2.45, 2.75) is 51.9 Å². The Labute approximate surface area is 186 Å². The summed E-state index contributed by atoms with van der Waals surface area (Å²) in [6.07, 6.45) is 24.0. The number of carbonyl (C=O) groups excluding carboxylic acids is 1. The standard InChI is InChI=1S/C27H35NO3/c1-4-5-6-7-10-22-17-20-13-12-18(2)16-21-14-15-24(29)26(30)25(21)19(3)9-8-11-23(20)27(31)28-22/h4-9,11-16,20-26,29-30H,10,17H2,1-3H3,(H,28,31)/t20-,21+,22+,23+,24+,25+,26+/m0/s1. The van der Waals surface area contributed by atoms with Crippen molar-refractivity contribution in [3.8, 4) is 0 Å². The second-order valence-corrected chi connectivity index (χ2v) is 8.86. The first-order valence-corrected chi connectivity index (χ1v) is 11.2. The Balaban J connectivity index is 1.88. The Morgan fingerprint density at radius 1 is 1.13 bits per heavy atom. The predicted octanol–water partition coefficient (Wildman–Crippen LogP) is 4.17. The van der Waals surface area contributed by atoms with Crippen molar-refractivity contribution in [1.82, 2.24) is 5.32 Å². The summed E-state index contributed by atoms with van der Waals surface area (Å²) in [4.78, 5) is 12.9. The molecule has 1 amide bonds. The van der Waals surface area contributed by atoms with Crippen LogP contribution >= 0.6 is 0 Å². The molecule has 166 valence electrons. The SMILES string of the molecule is CC=CC=CC[C@@H]1C[C@@H]2C=CC(C)=C[C@H]3C=C[C@@H](O)[C@@H](O)[C@@H]3C(C)=CC=C[C@H]2C(=O)N1. The molecule has 4 nitrogen and oxygen atoms in total. The van der Waals surface area contributed by atoms with Gasteiger partial charge in [-0.15, -0.1) is 0 Å². The molecule has 3 N–H and O–H groups in total. The van der Waals surface area contributed by atoms with Gasteiger partial charge in [-0.25, -0.2) is 0 Å². The summed E-state index contributed by atoms with van der Waals surface area (Å²) in [7, 11) is 0. The number of amides is 1. The predicted molar refractivity (Wildman–Crippen MR) is 126 cm³/mol. The lowest BCUT2D eigenvalue weighted by atomic mass is 9.75. The fourth-order valence-electron chi connectivity index (χ4n) is 4.76. The smallest absolute Gasteiger partial charge is 0.227 e. The van der Waals surface area contributed by atoms with Gasteiger partial charge in [-0.2, -0.15) is 0 Å². The van der Waals surface area contributed by atoms with Crippen LogP contribution in [0.25, 0.3) is 0 Å².